The maximum atomic E-state index is 12.1. The fourth-order valence-corrected chi connectivity index (χ4v) is 3.35. The molecule has 0 aliphatic carbocycles. The monoisotopic (exact) mass is 547 g/mol. The Morgan fingerprint density at radius 2 is 1.73 bits per heavy atom. The van der Waals surface area contributed by atoms with E-state index in [2.05, 4.69) is 15.6 Å². The molecule has 1 amide bonds. The second-order valence-corrected chi connectivity index (χ2v) is 8.13. The molecule has 0 saturated heterocycles. The Hall–Kier alpha value is -4.15. The molecule has 0 spiro atoms. The molecule has 2 aromatic rings. The van der Waals surface area contributed by atoms with Crippen LogP contribution in [0.1, 0.15) is 18.1 Å². The van der Waals surface area contributed by atoms with Gasteiger partial charge >= 0.3 is 17.9 Å². The summed E-state index contributed by atoms with van der Waals surface area (Å²) in [6.07, 6.45) is 2.47. The third-order valence-corrected chi connectivity index (χ3v) is 5.01. The topological polar surface area (TPSA) is 154 Å². The number of esters is 1. The summed E-state index contributed by atoms with van der Waals surface area (Å²) in [6, 6.07) is 12.8. The molecule has 12 heteroatoms. The molecule has 37 heavy (non-hydrogen) atoms. The van der Waals surface area contributed by atoms with E-state index in [-0.39, 0.29) is 25.6 Å². The number of carbonyl (C=O) groups excluding carboxylic acids is 2. The first-order valence-corrected chi connectivity index (χ1v) is 11.4. The van der Waals surface area contributed by atoms with Crippen LogP contribution < -0.4 is 10.6 Å². The number of nitrogens with zero attached hydrogens (tertiary/aromatic N) is 1. The maximum Gasteiger partial charge on any atom is 0.332 e. The Labute approximate surface area is 222 Å². The molecule has 0 saturated carbocycles. The van der Waals surface area contributed by atoms with E-state index < -0.39 is 17.9 Å². The quantitative estimate of drug-likeness (QED) is 0.233. The zero-order valence-corrected chi connectivity index (χ0v) is 21.0. The smallest absolute Gasteiger partial charge is 0.332 e. The zero-order valence-electron chi connectivity index (χ0n) is 19.5. The third-order valence-electron chi connectivity index (χ3n) is 4.45. The number of hydrogen-bond donors (Lipinski definition) is 4. The summed E-state index contributed by atoms with van der Waals surface area (Å²) in [5, 5.41) is 22.5. The van der Waals surface area contributed by atoms with Gasteiger partial charge in [-0.25, -0.2) is 14.4 Å². The Balaban J connectivity index is 0.000000521. The number of benzodiazepines with no additional fused rings is 1. The highest BCUT2D eigenvalue weighted by molar-refractivity contribution is 6.36. The number of carboxylic acid groups (broad SMARTS) is 2. The molecule has 0 fully saturated rings. The van der Waals surface area contributed by atoms with Gasteiger partial charge in [0.15, 0.2) is 0 Å². The number of fused-ring (bicyclic) bond motifs is 1. The van der Waals surface area contributed by atoms with Gasteiger partial charge in [-0.05, 0) is 24.3 Å². The van der Waals surface area contributed by atoms with Crippen molar-refractivity contribution in [1.29, 1.82) is 0 Å². The molecule has 2 aromatic carbocycles. The van der Waals surface area contributed by atoms with Gasteiger partial charge in [-0.3, -0.25) is 9.79 Å². The van der Waals surface area contributed by atoms with Crippen molar-refractivity contribution in [2.45, 2.75) is 6.92 Å². The minimum absolute atomic E-state index is 0.0858. The van der Waals surface area contributed by atoms with Crippen LogP contribution in [0.4, 0.5) is 5.69 Å². The van der Waals surface area contributed by atoms with Crippen LogP contribution in [0, 0.1) is 0 Å². The second-order valence-electron chi connectivity index (χ2n) is 7.29. The van der Waals surface area contributed by atoms with Gasteiger partial charge in [0.05, 0.1) is 18.8 Å². The van der Waals surface area contributed by atoms with Crippen molar-refractivity contribution < 1.29 is 34.1 Å². The lowest BCUT2D eigenvalue weighted by atomic mass is 10.0. The molecule has 1 aliphatic heterocycles. The summed E-state index contributed by atoms with van der Waals surface area (Å²) < 4.78 is 5.11. The number of hydrogen-bond acceptors (Lipinski definition) is 7. The summed E-state index contributed by atoms with van der Waals surface area (Å²) in [6.45, 7) is 1.97. The molecular weight excluding hydrogens is 525 g/mol. The van der Waals surface area contributed by atoms with Crippen LogP contribution in [0.25, 0.3) is 0 Å². The Morgan fingerprint density at radius 3 is 2.35 bits per heavy atom. The molecule has 3 rings (SSSR count). The maximum absolute atomic E-state index is 12.1. The number of rotatable bonds is 7. The number of ether oxygens (including phenoxy) is 1. The lowest BCUT2D eigenvalue weighted by molar-refractivity contribution is -0.138. The fraction of sp³-hybridized carbons (Fsp3) is 0.160. The number of benzene rings is 2. The molecule has 0 aromatic heterocycles. The number of aliphatic carboxylic acids is 2. The van der Waals surface area contributed by atoms with Crippen LogP contribution >= 0.6 is 23.2 Å². The van der Waals surface area contributed by atoms with Gasteiger partial charge in [-0.2, -0.15) is 0 Å². The zero-order chi connectivity index (χ0) is 27.4. The Bertz CT molecular complexity index is 1260. The van der Waals surface area contributed by atoms with Crippen molar-refractivity contribution in [2.75, 3.05) is 25.0 Å². The van der Waals surface area contributed by atoms with Crippen LogP contribution in [-0.2, 0) is 23.9 Å². The number of aliphatic imine (C=N–C) groups is 1. The number of amides is 1. The molecule has 0 atom stereocenters. The lowest BCUT2D eigenvalue weighted by Crippen LogP contribution is -2.25. The highest BCUT2D eigenvalue weighted by atomic mass is 35.5. The normalized spacial score (nSPS) is 13.3. The average Bonchev–Trinajstić information content (AvgIpc) is 3.00. The molecule has 0 unspecified atom stereocenters. The van der Waals surface area contributed by atoms with Gasteiger partial charge < -0.3 is 25.6 Å². The molecule has 194 valence electrons. The van der Waals surface area contributed by atoms with E-state index in [0.717, 1.165) is 16.8 Å². The van der Waals surface area contributed by atoms with E-state index in [4.69, 9.17) is 38.2 Å². The molecule has 1 heterocycles. The molecule has 0 bridgehead atoms. The number of carboxylic acids is 2. The molecule has 1 aliphatic rings. The van der Waals surface area contributed by atoms with E-state index in [0.29, 0.717) is 33.6 Å². The summed E-state index contributed by atoms with van der Waals surface area (Å²) in [5.74, 6) is -3.22. The van der Waals surface area contributed by atoms with Crippen LogP contribution in [0.15, 0.2) is 71.4 Å². The predicted octanol–water partition coefficient (Wildman–Crippen LogP) is 3.53. The average molecular weight is 548 g/mol. The van der Waals surface area contributed by atoms with E-state index in [1.165, 1.54) is 13.0 Å². The molecule has 10 nitrogen and oxygen atoms in total. The van der Waals surface area contributed by atoms with E-state index >= 15 is 0 Å². The number of carbonyl (C=O) groups is 4. The summed E-state index contributed by atoms with van der Waals surface area (Å²) in [7, 11) is 0. The first-order chi connectivity index (χ1) is 17.6. The number of nitrogens with one attached hydrogen (secondary N) is 2. The summed E-state index contributed by atoms with van der Waals surface area (Å²) in [5.41, 5.74) is 3.57. The van der Waals surface area contributed by atoms with Gasteiger partial charge in [0.2, 0.25) is 5.91 Å². The SMILES string of the molecule is CC(=O)NCCOC(=O)C=C1CN=C(c2ccccc2Cl)c2cc(Cl)ccc2N1.O=C(O)C=CC(=O)O. The van der Waals surface area contributed by atoms with Crippen LogP contribution in [-0.4, -0.2) is 59.4 Å². The highest BCUT2D eigenvalue weighted by Crippen LogP contribution is 2.30. The van der Waals surface area contributed by atoms with Gasteiger partial charge in [0.1, 0.15) is 6.61 Å². The minimum atomic E-state index is -1.26. The van der Waals surface area contributed by atoms with Crippen LogP contribution in [0.2, 0.25) is 10.0 Å². The van der Waals surface area contributed by atoms with Crippen molar-refractivity contribution in [3.8, 4) is 0 Å². The van der Waals surface area contributed by atoms with E-state index in [1.807, 2.05) is 24.3 Å². The Kier molecular flexibility index (Phi) is 11.3. The standard InChI is InChI=1S/C21H19Cl2N3O3.C4H4O4/c1-13(27)24-8-9-29-20(28)11-15-12-25-21(16-4-2-3-5-18(16)23)17-10-14(22)6-7-19(17)26-15;5-3(6)1-2-4(7)8/h2-7,10-11,26H,8-9,12H2,1H3,(H,24,27);1-2H,(H,5,6)(H,7,8). The van der Waals surface area contributed by atoms with Gasteiger partial charge in [0.25, 0.3) is 0 Å². The van der Waals surface area contributed by atoms with Crippen LogP contribution in [0.5, 0.6) is 0 Å². The van der Waals surface area contributed by atoms with E-state index in [1.54, 1.807) is 18.2 Å². The van der Waals surface area contributed by atoms with Crippen LogP contribution in [0.3, 0.4) is 0 Å². The third kappa shape index (κ3) is 10.2. The van der Waals surface area contributed by atoms with E-state index in [9.17, 15) is 19.2 Å². The van der Waals surface area contributed by atoms with Gasteiger partial charge in [-0.15, -0.1) is 0 Å². The first kappa shape index (κ1) is 29.1. The fourth-order valence-electron chi connectivity index (χ4n) is 2.95. The van der Waals surface area contributed by atoms with Crippen molar-refractivity contribution in [1.82, 2.24) is 5.32 Å². The minimum Gasteiger partial charge on any atom is -0.478 e. The van der Waals surface area contributed by atoms with Crippen molar-refractivity contribution in [3.05, 3.63) is 87.6 Å². The molecule has 0 radical (unpaired) electrons. The Morgan fingerprint density at radius 1 is 1.05 bits per heavy atom. The lowest BCUT2D eigenvalue weighted by Gasteiger charge is -2.12. The van der Waals surface area contributed by atoms with Gasteiger partial charge in [0, 0.05) is 57.7 Å². The number of anilines is 1. The highest BCUT2D eigenvalue weighted by Gasteiger charge is 2.19. The van der Waals surface area contributed by atoms with Crippen molar-refractivity contribution >= 4 is 58.4 Å². The summed E-state index contributed by atoms with van der Waals surface area (Å²) >= 11 is 12.6. The second kappa shape index (κ2) is 14.4. The first-order valence-electron chi connectivity index (χ1n) is 10.7. The largest absolute Gasteiger partial charge is 0.478 e. The predicted molar refractivity (Wildman–Crippen MR) is 139 cm³/mol. The van der Waals surface area contributed by atoms with Crippen molar-refractivity contribution in [3.63, 3.8) is 0 Å². The summed E-state index contributed by atoms with van der Waals surface area (Å²) in [4.78, 5) is 46.7. The molecular formula is C25H23Cl2N3O7. The van der Waals surface area contributed by atoms with Crippen molar-refractivity contribution in [2.24, 2.45) is 4.99 Å². The molecule has 4 N–H and O–H groups in total. The number of halogens is 2. The van der Waals surface area contributed by atoms with Gasteiger partial charge in [-0.1, -0.05) is 41.4 Å².